The number of hydrogen-bond acceptors (Lipinski definition) is 4. The third kappa shape index (κ3) is 3.93. The molecule has 2 atom stereocenters. The number of aliphatic carboxylic acids is 1. The van der Waals surface area contributed by atoms with Gasteiger partial charge in [-0.15, -0.1) is 0 Å². The van der Waals surface area contributed by atoms with Gasteiger partial charge in [0, 0.05) is 13.2 Å². The molecule has 106 valence electrons. The SMILES string of the molecule is COCC(C)OCC(NC(C)C)(C(=O)O)C1CC1. The molecule has 0 spiro atoms. The second-order valence-corrected chi connectivity index (χ2v) is 5.43. The van der Waals surface area contributed by atoms with E-state index in [4.69, 9.17) is 9.47 Å². The van der Waals surface area contributed by atoms with Gasteiger partial charge in [0.1, 0.15) is 5.54 Å². The van der Waals surface area contributed by atoms with Gasteiger partial charge in [0.05, 0.1) is 19.3 Å². The largest absolute Gasteiger partial charge is 0.480 e. The maximum Gasteiger partial charge on any atom is 0.326 e. The third-order valence-electron chi connectivity index (χ3n) is 3.20. The number of nitrogens with one attached hydrogen (secondary N) is 1. The molecule has 0 amide bonds. The molecule has 0 aromatic rings. The highest BCUT2D eigenvalue weighted by Gasteiger charge is 2.51. The molecule has 0 radical (unpaired) electrons. The van der Waals surface area contributed by atoms with E-state index in [0.29, 0.717) is 6.61 Å². The zero-order chi connectivity index (χ0) is 13.8. The van der Waals surface area contributed by atoms with Crippen LogP contribution in [0, 0.1) is 5.92 Å². The maximum absolute atomic E-state index is 11.6. The Bertz CT molecular complexity index is 278. The molecule has 0 heterocycles. The second-order valence-electron chi connectivity index (χ2n) is 5.43. The zero-order valence-electron chi connectivity index (χ0n) is 11.7. The number of hydrogen-bond donors (Lipinski definition) is 2. The number of ether oxygens (including phenoxy) is 2. The first-order chi connectivity index (χ1) is 8.42. The van der Waals surface area contributed by atoms with E-state index in [9.17, 15) is 9.90 Å². The summed E-state index contributed by atoms with van der Waals surface area (Å²) in [6.07, 6.45) is 1.81. The van der Waals surface area contributed by atoms with Gasteiger partial charge in [-0.05, 0) is 39.5 Å². The molecule has 0 saturated heterocycles. The average Bonchev–Trinajstić information content (AvgIpc) is 3.07. The summed E-state index contributed by atoms with van der Waals surface area (Å²) >= 11 is 0. The van der Waals surface area contributed by atoms with Gasteiger partial charge in [0.2, 0.25) is 0 Å². The van der Waals surface area contributed by atoms with Gasteiger partial charge in [-0.3, -0.25) is 10.1 Å². The standard InChI is InChI=1S/C13H25NO4/c1-9(2)14-13(12(15)16,11-5-6-11)8-18-10(3)7-17-4/h9-11,14H,5-8H2,1-4H3,(H,15,16). The summed E-state index contributed by atoms with van der Waals surface area (Å²) < 4.78 is 10.6. The molecule has 0 aromatic carbocycles. The van der Waals surface area contributed by atoms with Gasteiger partial charge < -0.3 is 14.6 Å². The van der Waals surface area contributed by atoms with Crippen molar-refractivity contribution in [3.8, 4) is 0 Å². The van der Waals surface area contributed by atoms with E-state index in [0.717, 1.165) is 12.8 Å². The Morgan fingerprint density at radius 2 is 2.06 bits per heavy atom. The molecule has 1 saturated carbocycles. The van der Waals surface area contributed by atoms with Crippen LogP contribution >= 0.6 is 0 Å². The van der Waals surface area contributed by atoms with Crippen LogP contribution in [0.15, 0.2) is 0 Å². The van der Waals surface area contributed by atoms with Crippen molar-refractivity contribution in [1.82, 2.24) is 5.32 Å². The monoisotopic (exact) mass is 259 g/mol. The molecule has 1 fully saturated rings. The Kier molecular flexibility index (Phi) is 5.56. The second kappa shape index (κ2) is 6.50. The van der Waals surface area contributed by atoms with Crippen molar-refractivity contribution in [1.29, 1.82) is 0 Å². The van der Waals surface area contributed by atoms with E-state index >= 15 is 0 Å². The smallest absolute Gasteiger partial charge is 0.326 e. The lowest BCUT2D eigenvalue weighted by Crippen LogP contribution is -2.60. The highest BCUT2D eigenvalue weighted by molar-refractivity contribution is 5.80. The van der Waals surface area contributed by atoms with Crippen molar-refractivity contribution in [2.24, 2.45) is 5.92 Å². The molecule has 1 aliphatic carbocycles. The lowest BCUT2D eigenvalue weighted by Gasteiger charge is -2.33. The van der Waals surface area contributed by atoms with Gasteiger partial charge in [-0.25, -0.2) is 0 Å². The van der Waals surface area contributed by atoms with E-state index in [2.05, 4.69) is 5.32 Å². The first-order valence-electron chi connectivity index (χ1n) is 6.54. The van der Waals surface area contributed by atoms with E-state index < -0.39 is 11.5 Å². The molecule has 2 N–H and O–H groups in total. The van der Waals surface area contributed by atoms with E-state index in [-0.39, 0.29) is 24.7 Å². The number of methoxy groups -OCH3 is 1. The molecule has 0 aromatic heterocycles. The number of carboxylic acids is 1. The Morgan fingerprint density at radius 1 is 1.44 bits per heavy atom. The van der Waals surface area contributed by atoms with Crippen molar-refractivity contribution in [2.45, 2.75) is 51.3 Å². The summed E-state index contributed by atoms with van der Waals surface area (Å²) in [6.45, 7) is 6.47. The minimum atomic E-state index is -0.948. The minimum absolute atomic E-state index is 0.0959. The van der Waals surface area contributed by atoms with Crippen LogP contribution in [-0.4, -0.2) is 49.1 Å². The quantitative estimate of drug-likeness (QED) is 0.652. The van der Waals surface area contributed by atoms with Crippen LogP contribution in [0.4, 0.5) is 0 Å². The third-order valence-corrected chi connectivity index (χ3v) is 3.20. The first kappa shape index (κ1) is 15.4. The van der Waals surface area contributed by atoms with Crippen LogP contribution in [0.25, 0.3) is 0 Å². The number of rotatable bonds is 9. The lowest BCUT2D eigenvalue weighted by molar-refractivity contribution is -0.151. The fourth-order valence-electron chi connectivity index (χ4n) is 2.22. The minimum Gasteiger partial charge on any atom is -0.480 e. The number of carbonyl (C=O) groups is 1. The fourth-order valence-corrected chi connectivity index (χ4v) is 2.22. The Morgan fingerprint density at radius 3 is 2.44 bits per heavy atom. The molecule has 1 aliphatic rings. The highest BCUT2D eigenvalue weighted by atomic mass is 16.5. The van der Waals surface area contributed by atoms with Crippen LogP contribution in [-0.2, 0) is 14.3 Å². The topological polar surface area (TPSA) is 67.8 Å². The van der Waals surface area contributed by atoms with Gasteiger partial charge in [0.15, 0.2) is 0 Å². The maximum atomic E-state index is 11.6. The van der Waals surface area contributed by atoms with Crippen LogP contribution in [0.5, 0.6) is 0 Å². The van der Waals surface area contributed by atoms with Gasteiger partial charge in [-0.1, -0.05) is 0 Å². The lowest BCUT2D eigenvalue weighted by atomic mass is 9.93. The summed E-state index contributed by atoms with van der Waals surface area (Å²) in [5.74, 6) is -0.643. The molecule has 2 unspecified atom stereocenters. The van der Waals surface area contributed by atoms with Crippen molar-refractivity contribution < 1.29 is 19.4 Å². The van der Waals surface area contributed by atoms with E-state index in [1.165, 1.54) is 0 Å². The Balaban J connectivity index is 2.67. The van der Waals surface area contributed by atoms with Crippen molar-refractivity contribution >= 4 is 5.97 Å². The number of carboxylic acid groups (broad SMARTS) is 1. The molecule has 5 heteroatoms. The Hall–Kier alpha value is -0.650. The van der Waals surface area contributed by atoms with Crippen LogP contribution in [0.3, 0.4) is 0 Å². The van der Waals surface area contributed by atoms with Gasteiger partial charge in [0.25, 0.3) is 0 Å². The molecule has 5 nitrogen and oxygen atoms in total. The molecule has 1 rings (SSSR count). The van der Waals surface area contributed by atoms with Crippen molar-refractivity contribution in [3.63, 3.8) is 0 Å². The van der Waals surface area contributed by atoms with Gasteiger partial charge in [-0.2, -0.15) is 0 Å². The molecule has 0 aliphatic heterocycles. The van der Waals surface area contributed by atoms with Crippen molar-refractivity contribution in [2.75, 3.05) is 20.3 Å². The van der Waals surface area contributed by atoms with Crippen molar-refractivity contribution in [3.05, 3.63) is 0 Å². The van der Waals surface area contributed by atoms with E-state index in [1.54, 1.807) is 7.11 Å². The summed E-state index contributed by atoms with van der Waals surface area (Å²) in [5.41, 5.74) is -0.948. The Labute approximate surface area is 109 Å². The predicted molar refractivity (Wildman–Crippen MR) is 68.7 cm³/mol. The molecule has 0 bridgehead atoms. The molecular weight excluding hydrogens is 234 g/mol. The van der Waals surface area contributed by atoms with Gasteiger partial charge >= 0.3 is 5.97 Å². The van der Waals surface area contributed by atoms with Crippen LogP contribution in [0.1, 0.15) is 33.6 Å². The van der Waals surface area contributed by atoms with Crippen LogP contribution < -0.4 is 5.32 Å². The fraction of sp³-hybridized carbons (Fsp3) is 0.923. The predicted octanol–water partition coefficient (Wildman–Crippen LogP) is 1.27. The summed E-state index contributed by atoms with van der Waals surface area (Å²) in [7, 11) is 1.61. The highest BCUT2D eigenvalue weighted by Crippen LogP contribution is 2.40. The molecule has 18 heavy (non-hydrogen) atoms. The summed E-state index contributed by atoms with van der Waals surface area (Å²) in [6, 6.07) is 0.114. The van der Waals surface area contributed by atoms with E-state index in [1.807, 2.05) is 20.8 Å². The summed E-state index contributed by atoms with van der Waals surface area (Å²) in [4.78, 5) is 11.6. The van der Waals surface area contributed by atoms with Crippen LogP contribution in [0.2, 0.25) is 0 Å². The first-order valence-corrected chi connectivity index (χ1v) is 6.54. The average molecular weight is 259 g/mol. The molecular formula is C13H25NO4. The summed E-state index contributed by atoms with van der Waals surface area (Å²) in [5, 5.41) is 12.7. The zero-order valence-corrected chi connectivity index (χ0v) is 11.7. The normalized spacial score (nSPS) is 20.7.